The molecule has 2 aromatic carbocycles. The van der Waals surface area contributed by atoms with Gasteiger partial charge in [0.15, 0.2) is 0 Å². The van der Waals surface area contributed by atoms with E-state index in [1.807, 2.05) is 25.2 Å². The molecule has 1 N–H and O–H groups in total. The zero-order valence-electron chi connectivity index (χ0n) is 26.0. The van der Waals surface area contributed by atoms with Gasteiger partial charge in [-0.05, 0) is 93.2 Å². The normalized spacial score (nSPS) is 17.1. The SMILES string of the molecule is COc1ccc(S(=O)(=O)Nc2cc(-c3ccc4ncc5c(c4c3)C3(CC3)C(=O)N5C)cnc2OCCCN2CCCCC2)cc1.Cl. The first-order valence-corrected chi connectivity index (χ1v) is 17.0. The van der Waals surface area contributed by atoms with Crippen molar-refractivity contribution in [3.8, 4) is 22.8 Å². The summed E-state index contributed by atoms with van der Waals surface area (Å²) < 4.78 is 41.0. The van der Waals surface area contributed by atoms with E-state index in [4.69, 9.17) is 9.47 Å². The predicted octanol–water partition coefficient (Wildman–Crippen LogP) is 5.79. The maximum atomic E-state index is 13.5. The topological polar surface area (TPSA) is 114 Å². The van der Waals surface area contributed by atoms with Gasteiger partial charge in [0.2, 0.25) is 11.8 Å². The molecule has 4 aromatic rings. The highest BCUT2D eigenvalue weighted by atomic mass is 35.5. The number of carbonyl (C=O) groups is 1. The van der Waals surface area contributed by atoms with Crippen LogP contribution < -0.4 is 19.1 Å². The number of piperidine rings is 1. The van der Waals surface area contributed by atoms with Crippen LogP contribution in [0.15, 0.2) is 65.8 Å². The van der Waals surface area contributed by atoms with Gasteiger partial charge < -0.3 is 19.3 Å². The van der Waals surface area contributed by atoms with E-state index in [9.17, 15) is 13.2 Å². The van der Waals surface area contributed by atoms with Crippen molar-refractivity contribution in [1.29, 1.82) is 0 Å². The molecular weight excluding hydrogens is 626 g/mol. The molecular formula is C34H38ClN5O5S. The van der Waals surface area contributed by atoms with Gasteiger partial charge in [-0.2, -0.15) is 0 Å². The quantitative estimate of drug-likeness (QED) is 0.212. The molecule has 1 aliphatic carbocycles. The summed E-state index contributed by atoms with van der Waals surface area (Å²) >= 11 is 0. The lowest BCUT2D eigenvalue weighted by Gasteiger charge is -2.26. The van der Waals surface area contributed by atoms with E-state index in [0.29, 0.717) is 17.9 Å². The Labute approximate surface area is 275 Å². The fourth-order valence-electron chi connectivity index (χ4n) is 6.64. The van der Waals surface area contributed by atoms with E-state index in [-0.39, 0.29) is 34.8 Å². The second-order valence-corrected chi connectivity index (χ2v) is 13.8. The van der Waals surface area contributed by atoms with Crippen molar-refractivity contribution in [2.45, 2.75) is 48.8 Å². The molecule has 1 amide bonds. The maximum Gasteiger partial charge on any atom is 0.262 e. The summed E-state index contributed by atoms with van der Waals surface area (Å²) in [6.07, 6.45) is 9.69. The number of halogens is 1. The molecule has 2 aromatic heterocycles. The van der Waals surface area contributed by atoms with E-state index < -0.39 is 15.4 Å². The van der Waals surface area contributed by atoms with E-state index in [1.54, 1.807) is 35.5 Å². The van der Waals surface area contributed by atoms with E-state index in [1.165, 1.54) is 38.5 Å². The maximum absolute atomic E-state index is 13.5. The molecule has 2 aliphatic heterocycles. The number of amides is 1. The first-order chi connectivity index (χ1) is 21.8. The third-order valence-corrected chi connectivity index (χ3v) is 10.6. The largest absolute Gasteiger partial charge is 0.497 e. The Morgan fingerprint density at radius 2 is 1.72 bits per heavy atom. The number of hydrogen-bond donors (Lipinski definition) is 1. The number of nitrogens with zero attached hydrogens (tertiary/aromatic N) is 4. The minimum absolute atomic E-state index is 0. The Morgan fingerprint density at radius 1 is 0.957 bits per heavy atom. The molecule has 1 saturated carbocycles. The molecule has 10 nitrogen and oxygen atoms in total. The highest BCUT2D eigenvalue weighted by Crippen LogP contribution is 2.58. The van der Waals surface area contributed by atoms with Gasteiger partial charge in [0.1, 0.15) is 11.4 Å². The van der Waals surface area contributed by atoms with Crippen molar-refractivity contribution in [2.24, 2.45) is 0 Å². The first kappa shape index (κ1) is 32.0. The molecule has 46 heavy (non-hydrogen) atoms. The number of hydrogen-bond acceptors (Lipinski definition) is 8. The number of fused-ring (bicyclic) bond motifs is 4. The smallest absolute Gasteiger partial charge is 0.262 e. The number of benzene rings is 2. The van der Waals surface area contributed by atoms with Crippen LogP contribution in [0.2, 0.25) is 0 Å². The van der Waals surface area contributed by atoms with E-state index in [2.05, 4.69) is 19.6 Å². The number of pyridine rings is 2. The predicted molar refractivity (Wildman–Crippen MR) is 181 cm³/mol. The van der Waals surface area contributed by atoms with Gasteiger partial charge in [0.05, 0.1) is 41.4 Å². The lowest BCUT2D eigenvalue weighted by molar-refractivity contribution is -0.119. The number of anilines is 2. The summed E-state index contributed by atoms with van der Waals surface area (Å²) in [6.45, 7) is 3.56. The minimum Gasteiger partial charge on any atom is -0.497 e. The molecule has 242 valence electrons. The van der Waals surface area contributed by atoms with Gasteiger partial charge in [-0.25, -0.2) is 13.4 Å². The average Bonchev–Trinajstić information content (AvgIpc) is 3.84. The van der Waals surface area contributed by atoms with Gasteiger partial charge in [0, 0.05) is 36.3 Å². The van der Waals surface area contributed by atoms with E-state index in [0.717, 1.165) is 66.6 Å². The molecule has 0 atom stereocenters. The highest BCUT2D eigenvalue weighted by Gasteiger charge is 2.59. The van der Waals surface area contributed by atoms with Crippen molar-refractivity contribution < 1.29 is 22.7 Å². The molecule has 0 unspecified atom stereocenters. The second-order valence-electron chi connectivity index (χ2n) is 12.2. The average molecular weight is 664 g/mol. The summed E-state index contributed by atoms with van der Waals surface area (Å²) in [5, 5.41) is 0.929. The Balaban J connectivity index is 0.00000372. The van der Waals surface area contributed by atoms with Crippen LogP contribution in [0.5, 0.6) is 11.6 Å². The van der Waals surface area contributed by atoms with Crippen LogP contribution in [0.3, 0.4) is 0 Å². The van der Waals surface area contributed by atoms with Crippen molar-refractivity contribution in [2.75, 3.05) is 50.0 Å². The number of aromatic nitrogens is 2. The zero-order chi connectivity index (χ0) is 31.2. The van der Waals surface area contributed by atoms with Crippen LogP contribution >= 0.6 is 12.4 Å². The molecule has 0 radical (unpaired) electrons. The standard InChI is InChI=1S/C34H37N5O5S.ClH/c1-38-30-22-35-28-12-7-23(19-27(28)31(30)34(13-14-34)33(38)40)24-20-29(37-45(41,42)26-10-8-25(43-2)9-11-26)32(36-21-24)44-18-6-17-39-15-4-3-5-16-39;/h7-12,19-22,37H,3-6,13-18H2,1-2H3;1H. The number of nitrogens with one attached hydrogen (secondary N) is 1. The van der Waals surface area contributed by atoms with Gasteiger partial charge in [0.25, 0.3) is 10.0 Å². The highest BCUT2D eigenvalue weighted by molar-refractivity contribution is 7.92. The van der Waals surface area contributed by atoms with Crippen molar-refractivity contribution >= 4 is 50.6 Å². The summed E-state index contributed by atoms with van der Waals surface area (Å²) in [6, 6.07) is 13.9. The van der Waals surface area contributed by atoms with Crippen LogP contribution in [0.25, 0.3) is 22.0 Å². The summed E-state index contributed by atoms with van der Waals surface area (Å²) in [7, 11) is -0.616. The number of ether oxygens (including phenoxy) is 2. The molecule has 4 heterocycles. The lowest BCUT2D eigenvalue weighted by atomic mass is 9.92. The van der Waals surface area contributed by atoms with Crippen LogP contribution in [0.1, 0.15) is 44.1 Å². The van der Waals surface area contributed by atoms with Crippen molar-refractivity contribution in [3.63, 3.8) is 0 Å². The van der Waals surface area contributed by atoms with E-state index >= 15 is 0 Å². The van der Waals surface area contributed by atoms with Gasteiger partial charge in [-0.3, -0.25) is 14.5 Å². The lowest BCUT2D eigenvalue weighted by Crippen LogP contribution is -2.31. The fraction of sp³-hybridized carbons (Fsp3) is 0.382. The molecule has 2 fully saturated rings. The summed E-state index contributed by atoms with van der Waals surface area (Å²) in [4.78, 5) is 26.6. The van der Waals surface area contributed by atoms with Gasteiger partial charge in [-0.15, -0.1) is 12.4 Å². The molecule has 0 bridgehead atoms. The Morgan fingerprint density at radius 3 is 2.43 bits per heavy atom. The molecule has 1 saturated heterocycles. The Kier molecular flexibility index (Phi) is 8.84. The second kappa shape index (κ2) is 12.7. The van der Waals surface area contributed by atoms with Gasteiger partial charge >= 0.3 is 0 Å². The number of carbonyl (C=O) groups excluding carboxylic acids is 1. The monoisotopic (exact) mass is 663 g/mol. The van der Waals surface area contributed by atoms with Gasteiger partial charge in [-0.1, -0.05) is 12.5 Å². The number of likely N-dealkylation sites (N-methyl/N-ethyl adjacent to an activating group) is 1. The number of likely N-dealkylation sites (tertiary alicyclic amines) is 1. The summed E-state index contributed by atoms with van der Waals surface area (Å²) in [5.41, 5.74) is 4.04. The third-order valence-electron chi connectivity index (χ3n) is 9.26. The molecule has 3 aliphatic rings. The van der Waals surface area contributed by atoms with Crippen LogP contribution in [-0.2, 0) is 20.2 Å². The fourth-order valence-corrected chi connectivity index (χ4v) is 7.69. The molecule has 12 heteroatoms. The summed E-state index contributed by atoms with van der Waals surface area (Å²) in [5.74, 6) is 0.909. The number of sulfonamides is 1. The third kappa shape index (κ3) is 5.87. The Bertz CT molecular complexity index is 1880. The number of rotatable bonds is 10. The molecule has 1 spiro atoms. The molecule has 7 rings (SSSR count). The minimum atomic E-state index is -3.96. The van der Waals surface area contributed by atoms with Crippen LogP contribution in [-0.4, -0.2) is 69.6 Å². The zero-order valence-corrected chi connectivity index (χ0v) is 27.6. The van der Waals surface area contributed by atoms with Crippen molar-refractivity contribution in [3.05, 3.63) is 66.5 Å². The van der Waals surface area contributed by atoms with Crippen molar-refractivity contribution in [1.82, 2.24) is 14.9 Å². The van der Waals surface area contributed by atoms with Crippen LogP contribution in [0.4, 0.5) is 11.4 Å². The first-order valence-electron chi connectivity index (χ1n) is 15.5. The Hall–Kier alpha value is -3.93. The number of methoxy groups -OCH3 is 1. The van der Waals surface area contributed by atoms with Crippen LogP contribution in [0, 0.1) is 0 Å².